The predicted octanol–water partition coefficient (Wildman–Crippen LogP) is 1.96. The molecule has 5 nitrogen and oxygen atoms in total. The van der Waals surface area contributed by atoms with Crippen LogP contribution in [0.4, 0.5) is 0 Å². The molecule has 0 saturated carbocycles. The van der Waals surface area contributed by atoms with Gasteiger partial charge in [-0.3, -0.25) is 4.79 Å². The minimum absolute atomic E-state index is 0.00564. The summed E-state index contributed by atoms with van der Waals surface area (Å²) in [4.78, 5) is 14.0. The van der Waals surface area contributed by atoms with Crippen LogP contribution in [0, 0.1) is 11.3 Å². The Morgan fingerprint density at radius 3 is 2.65 bits per heavy atom. The lowest BCUT2D eigenvalue weighted by atomic mass is 10.2. The van der Waals surface area contributed by atoms with Crippen molar-refractivity contribution in [2.45, 2.75) is 25.9 Å². The lowest BCUT2D eigenvalue weighted by molar-refractivity contribution is -0.136. The summed E-state index contributed by atoms with van der Waals surface area (Å²) in [7, 11) is 1.51. The van der Waals surface area contributed by atoms with Crippen LogP contribution in [0.5, 0.6) is 11.5 Å². The average Bonchev–Trinajstić information content (AvgIpc) is 3.00. The molecule has 1 heterocycles. The normalized spacial score (nSPS) is 15.6. The zero-order valence-electron chi connectivity index (χ0n) is 11.8. The fraction of sp³-hybridized carbons (Fsp3) is 0.467. The van der Waals surface area contributed by atoms with Crippen LogP contribution < -0.4 is 9.47 Å². The summed E-state index contributed by atoms with van der Waals surface area (Å²) < 4.78 is 10.9. The number of hydrogen-bond acceptors (Lipinski definition) is 4. The lowest BCUT2D eigenvalue weighted by Crippen LogP contribution is -2.38. The number of benzene rings is 1. The van der Waals surface area contributed by atoms with Gasteiger partial charge < -0.3 is 14.4 Å². The van der Waals surface area contributed by atoms with Gasteiger partial charge in [0.1, 0.15) is 0 Å². The lowest BCUT2D eigenvalue weighted by Gasteiger charge is -2.22. The third-order valence-corrected chi connectivity index (χ3v) is 3.36. The van der Waals surface area contributed by atoms with Crippen molar-refractivity contribution in [2.75, 3.05) is 20.2 Å². The Bertz CT molecular complexity index is 530. The van der Waals surface area contributed by atoms with Gasteiger partial charge in [-0.1, -0.05) is 0 Å². The molecule has 106 valence electrons. The van der Waals surface area contributed by atoms with E-state index in [0.717, 1.165) is 25.9 Å². The molecule has 1 fully saturated rings. The van der Waals surface area contributed by atoms with Gasteiger partial charge in [0, 0.05) is 19.2 Å². The highest BCUT2D eigenvalue weighted by Gasteiger charge is 2.25. The van der Waals surface area contributed by atoms with Crippen LogP contribution in [0.3, 0.4) is 0 Å². The number of carbonyl (C=O) groups excluding carboxylic acids is 1. The summed E-state index contributed by atoms with van der Waals surface area (Å²) in [6.45, 7) is 3.34. The zero-order valence-corrected chi connectivity index (χ0v) is 11.8. The summed E-state index contributed by atoms with van der Waals surface area (Å²) >= 11 is 0. The van der Waals surface area contributed by atoms with Gasteiger partial charge in [0.25, 0.3) is 5.91 Å². The molecule has 20 heavy (non-hydrogen) atoms. The van der Waals surface area contributed by atoms with Crippen LogP contribution in [0.1, 0.15) is 25.3 Å². The number of amides is 1. The van der Waals surface area contributed by atoms with E-state index >= 15 is 0 Å². The van der Waals surface area contributed by atoms with Gasteiger partial charge in [-0.05, 0) is 31.9 Å². The zero-order chi connectivity index (χ0) is 14.5. The maximum Gasteiger partial charge on any atom is 0.263 e. The number of methoxy groups -OCH3 is 1. The topological polar surface area (TPSA) is 62.6 Å². The van der Waals surface area contributed by atoms with E-state index in [9.17, 15) is 4.79 Å². The van der Waals surface area contributed by atoms with Crippen molar-refractivity contribution < 1.29 is 14.3 Å². The summed E-state index contributed by atoms with van der Waals surface area (Å²) in [5, 5.41) is 8.85. The highest BCUT2D eigenvalue weighted by molar-refractivity contribution is 5.81. The largest absolute Gasteiger partial charge is 0.493 e. The predicted molar refractivity (Wildman–Crippen MR) is 73.6 cm³/mol. The van der Waals surface area contributed by atoms with E-state index in [1.54, 1.807) is 25.1 Å². The van der Waals surface area contributed by atoms with Crippen LogP contribution in [0.15, 0.2) is 18.2 Å². The Labute approximate surface area is 118 Å². The van der Waals surface area contributed by atoms with E-state index in [-0.39, 0.29) is 5.91 Å². The number of ether oxygens (including phenoxy) is 2. The van der Waals surface area contributed by atoms with Gasteiger partial charge in [-0.15, -0.1) is 0 Å². The molecule has 2 rings (SSSR count). The third-order valence-electron chi connectivity index (χ3n) is 3.36. The van der Waals surface area contributed by atoms with Crippen molar-refractivity contribution in [1.29, 1.82) is 5.26 Å². The summed E-state index contributed by atoms with van der Waals surface area (Å²) in [6.07, 6.45) is 1.55. The fourth-order valence-corrected chi connectivity index (χ4v) is 2.27. The van der Waals surface area contributed by atoms with E-state index in [0.29, 0.717) is 17.1 Å². The standard InChI is InChI=1S/C15H18N2O3/c1-11(15(18)17-7-3-4-8-17)20-13-6-5-12(10-16)9-14(13)19-2/h5-6,9,11H,3-4,7-8H2,1-2H3/t11-/m1/s1. The van der Waals surface area contributed by atoms with E-state index in [4.69, 9.17) is 14.7 Å². The van der Waals surface area contributed by atoms with E-state index in [1.807, 2.05) is 11.0 Å². The van der Waals surface area contributed by atoms with E-state index in [1.165, 1.54) is 7.11 Å². The Balaban J connectivity index is 2.09. The Kier molecular flexibility index (Phi) is 4.46. The Hall–Kier alpha value is -2.22. The molecule has 0 aromatic heterocycles. The molecule has 1 aromatic carbocycles. The van der Waals surface area contributed by atoms with Gasteiger partial charge in [0.15, 0.2) is 17.6 Å². The average molecular weight is 274 g/mol. The maximum atomic E-state index is 12.2. The minimum atomic E-state index is -0.560. The van der Waals surface area contributed by atoms with Crippen molar-refractivity contribution >= 4 is 5.91 Å². The summed E-state index contributed by atoms with van der Waals surface area (Å²) in [5.41, 5.74) is 0.493. The molecular formula is C15H18N2O3. The molecular weight excluding hydrogens is 256 g/mol. The van der Waals surface area contributed by atoms with Crippen LogP contribution >= 0.6 is 0 Å². The molecule has 0 radical (unpaired) electrons. The van der Waals surface area contributed by atoms with Crippen molar-refractivity contribution in [3.8, 4) is 17.6 Å². The molecule has 1 saturated heterocycles. The second-order valence-corrected chi connectivity index (χ2v) is 4.77. The SMILES string of the molecule is COc1cc(C#N)ccc1O[C@H](C)C(=O)N1CCCC1. The molecule has 1 aliphatic rings. The number of nitriles is 1. The second kappa shape index (κ2) is 6.29. The van der Waals surface area contributed by atoms with Crippen molar-refractivity contribution in [3.63, 3.8) is 0 Å². The molecule has 0 bridgehead atoms. The number of likely N-dealkylation sites (tertiary alicyclic amines) is 1. The molecule has 1 aliphatic heterocycles. The molecule has 0 N–H and O–H groups in total. The number of nitrogens with zero attached hydrogens (tertiary/aromatic N) is 2. The molecule has 0 aliphatic carbocycles. The third kappa shape index (κ3) is 3.02. The Morgan fingerprint density at radius 2 is 2.05 bits per heavy atom. The smallest absolute Gasteiger partial charge is 0.263 e. The van der Waals surface area contributed by atoms with Crippen LogP contribution in [-0.4, -0.2) is 37.1 Å². The first-order valence-corrected chi connectivity index (χ1v) is 6.69. The van der Waals surface area contributed by atoms with Gasteiger partial charge in [-0.2, -0.15) is 5.26 Å². The van der Waals surface area contributed by atoms with E-state index < -0.39 is 6.10 Å². The van der Waals surface area contributed by atoms with Gasteiger partial charge in [-0.25, -0.2) is 0 Å². The highest BCUT2D eigenvalue weighted by Crippen LogP contribution is 2.29. The van der Waals surface area contributed by atoms with Crippen LogP contribution in [-0.2, 0) is 4.79 Å². The monoisotopic (exact) mass is 274 g/mol. The van der Waals surface area contributed by atoms with Crippen molar-refractivity contribution in [2.24, 2.45) is 0 Å². The first-order chi connectivity index (χ1) is 9.65. The van der Waals surface area contributed by atoms with E-state index in [2.05, 4.69) is 0 Å². The molecule has 0 spiro atoms. The second-order valence-electron chi connectivity index (χ2n) is 4.77. The molecule has 1 atom stereocenters. The van der Waals surface area contributed by atoms with Crippen molar-refractivity contribution in [1.82, 2.24) is 4.90 Å². The molecule has 1 aromatic rings. The number of hydrogen-bond donors (Lipinski definition) is 0. The van der Waals surface area contributed by atoms with Crippen molar-refractivity contribution in [3.05, 3.63) is 23.8 Å². The molecule has 1 amide bonds. The maximum absolute atomic E-state index is 12.2. The van der Waals surface area contributed by atoms with Crippen LogP contribution in [0.2, 0.25) is 0 Å². The quantitative estimate of drug-likeness (QED) is 0.842. The first-order valence-electron chi connectivity index (χ1n) is 6.69. The fourth-order valence-electron chi connectivity index (χ4n) is 2.27. The molecule has 5 heteroatoms. The number of rotatable bonds is 4. The summed E-state index contributed by atoms with van der Waals surface area (Å²) in [5.74, 6) is 0.936. The summed E-state index contributed by atoms with van der Waals surface area (Å²) in [6, 6.07) is 6.94. The van der Waals surface area contributed by atoms with Crippen LogP contribution in [0.25, 0.3) is 0 Å². The number of carbonyl (C=O) groups is 1. The van der Waals surface area contributed by atoms with Gasteiger partial charge in [0.2, 0.25) is 0 Å². The highest BCUT2D eigenvalue weighted by atomic mass is 16.5. The molecule has 0 unspecified atom stereocenters. The van der Waals surface area contributed by atoms with Gasteiger partial charge >= 0.3 is 0 Å². The minimum Gasteiger partial charge on any atom is -0.493 e. The Morgan fingerprint density at radius 1 is 1.35 bits per heavy atom. The van der Waals surface area contributed by atoms with Gasteiger partial charge in [0.05, 0.1) is 18.7 Å². The first kappa shape index (κ1) is 14.2.